The molecule has 3 rings (SSSR count). The zero-order valence-corrected chi connectivity index (χ0v) is 17.0. The number of esters is 1. The minimum absolute atomic E-state index is 0.00500. The molecule has 0 spiro atoms. The number of nitrogens with zero attached hydrogens (tertiary/aromatic N) is 2. The molecule has 1 aliphatic carbocycles. The van der Waals surface area contributed by atoms with Gasteiger partial charge in [-0.05, 0) is 29.7 Å². The smallest absolute Gasteiger partial charge is 0.311 e. The molecule has 2 aliphatic rings. The van der Waals surface area contributed by atoms with E-state index in [4.69, 9.17) is 10.00 Å². The van der Waals surface area contributed by atoms with E-state index in [1.165, 1.54) is 17.8 Å². The quantitative estimate of drug-likeness (QED) is 0.762. The van der Waals surface area contributed by atoms with E-state index in [1.54, 1.807) is 11.4 Å². The van der Waals surface area contributed by atoms with Crippen LogP contribution >= 0.6 is 11.3 Å². The SMILES string of the molecule is C[C@H]1[C@H](N2C[C@H](C(=O)OCC(=O)Nc3sccc3C#N)CC2=O)CCC[C@@H]1C. The Hall–Kier alpha value is -2.40. The number of anilines is 1. The highest BCUT2D eigenvalue weighted by Crippen LogP contribution is 2.35. The van der Waals surface area contributed by atoms with Gasteiger partial charge in [0.2, 0.25) is 5.91 Å². The lowest BCUT2D eigenvalue weighted by Crippen LogP contribution is -2.45. The maximum absolute atomic E-state index is 12.5. The van der Waals surface area contributed by atoms with Gasteiger partial charge in [0.15, 0.2) is 6.61 Å². The number of hydrogen-bond acceptors (Lipinski definition) is 6. The summed E-state index contributed by atoms with van der Waals surface area (Å²) in [6.45, 7) is 4.33. The fraction of sp³-hybridized carbons (Fsp3) is 0.600. The minimum Gasteiger partial charge on any atom is -0.455 e. The molecular formula is C20H25N3O4S. The summed E-state index contributed by atoms with van der Waals surface area (Å²) in [7, 11) is 0. The number of nitriles is 1. The largest absolute Gasteiger partial charge is 0.455 e. The number of ether oxygens (including phenoxy) is 1. The molecule has 1 aromatic heterocycles. The summed E-state index contributed by atoms with van der Waals surface area (Å²) < 4.78 is 5.13. The van der Waals surface area contributed by atoms with Crippen molar-refractivity contribution in [1.29, 1.82) is 5.26 Å². The lowest BCUT2D eigenvalue weighted by Gasteiger charge is -2.39. The van der Waals surface area contributed by atoms with Gasteiger partial charge in [0.25, 0.3) is 5.91 Å². The van der Waals surface area contributed by atoms with Crippen LogP contribution in [0.2, 0.25) is 0 Å². The topological polar surface area (TPSA) is 99.5 Å². The first-order valence-corrected chi connectivity index (χ1v) is 10.5. The van der Waals surface area contributed by atoms with E-state index in [1.807, 2.05) is 11.0 Å². The molecule has 150 valence electrons. The number of carbonyl (C=O) groups excluding carboxylic acids is 3. The molecule has 1 aromatic rings. The van der Waals surface area contributed by atoms with E-state index in [2.05, 4.69) is 19.2 Å². The summed E-state index contributed by atoms with van der Waals surface area (Å²) in [6.07, 6.45) is 3.39. The minimum atomic E-state index is -0.527. The molecule has 1 aliphatic heterocycles. The van der Waals surface area contributed by atoms with Gasteiger partial charge in [-0.3, -0.25) is 14.4 Å². The predicted octanol–water partition coefficient (Wildman–Crippen LogP) is 2.77. The third-order valence-electron chi connectivity index (χ3n) is 5.94. The Morgan fingerprint density at radius 3 is 2.93 bits per heavy atom. The summed E-state index contributed by atoms with van der Waals surface area (Å²) in [4.78, 5) is 38.7. The molecule has 2 amide bonds. The average molecular weight is 404 g/mol. The number of likely N-dealkylation sites (tertiary alicyclic amines) is 1. The average Bonchev–Trinajstić information content (AvgIpc) is 3.28. The van der Waals surface area contributed by atoms with Crippen LogP contribution in [-0.2, 0) is 19.1 Å². The number of hydrogen-bond donors (Lipinski definition) is 1. The van der Waals surface area contributed by atoms with Crippen LogP contribution in [0.3, 0.4) is 0 Å². The molecule has 2 fully saturated rings. The van der Waals surface area contributed by atoms with Gasteiger partial charge in [0.05, 0.1) is 11.5 Å². The van der Waals surface area contributed by atoms with Gasteiger partial charge >= 0.3 is 5.97 Å². The van der Waals surface area contributed by atoms with E-state index < -0.39 is 24.4 Å². The van der Waals surface area contributed by atoms with Crippen LogP contribution in [0, 0.1) is 29.1 Å². The van der Waals surface area contributed by atoms with Gasteiger partial charge in [-0.15, -0.1) is 11.3 Å². The summed E-state index contributed by atoms with van der Waals surface area (Å²) in [6, 6.07) is 3.77. The van der Waals surface area contributed by atoms with Crippen molar-refractivity contribution < 1.29 is 19.1 Å². The Bertz CT molecular complexity index is 800. The van der Waals surface area contributed by atoms with Gasteiger partial charge in [0, 0.05) is 19.0 Å². The van der Waals surface area contributed by atoms with Crippen LogP contribution in [0.25, 0.3) is 0 Å². The Morgan fingerprint density at radius 2 is 2.18 bits per heavy atom. The highest BCUT2D eigenvalue weighted by Gasteiger charge is 2.42. The van der Waals surface area contributed by atoms with Crippen LogP contribution in [-0.4, -0.2) is 41.9 Å². The van der Waals surface area contributed by atoms with Crippen LogP contribution in [0.4, 0.5) is 5.00 Å². The van der Waals surface area contributed by atoms with Gasteiger partial charge in [0.1, 0.15) is 11.1 Å². The second-order valence-electron chi connectivity index (χ2n) is 7.71. The fourth-order valence-electron chi connectivity index (χ4n) is 4.12. The molecule has 2 heterocycles. The van der Waals surface area contributed by atoms with Crippen molar-refractivity contribution in [2.75, 3.05) is 18.5 Å². The van der Waals surface area contributed by atoms with E-state index in [0.717, 1.165) is 12.8 Å². The standard InChI is InChI=1S/C20H25N3O4S/c1-12-4-3-5-16(13(12)2)23-10-15(8-18(23)25)20(26)27-11-17(24)22-19-14(9-21)6-7-28-19/h6-7,12-13,15-16H,3-5,8,10-11H2,1-2H3,(H,22,24)/t12-,13+,15+,16+/m0/s1. The molecule has 28 heavy (non-hydrogen) atoms. The van der Waals surface area contributed by atoms with Crippen molar-refractivity contribution >= 4 is 34.1 Å². The summed E-state index contributed by atoms with van der Waals surface area (Å²) >= 11 is 1.23. The van der Waals surface area contributed by atoms with Crippen molar-refractivity contribution in [3.05, 3.63) is 17.0 Å². The second kappa shape index (κ2) is 8.74. The second-order valence-corrected chi connectivity index (χ2v) is 8.63. The first-order valence-electron chi connectivity index (χ1n) is 9.64. The van der Waals surface area contributed by atoms with Gasteiger partial charge < -0.3 is 15.0 Å². The molecule has 1 saturated carbocycles. The lowest BCUT2D eigenvalue weighted by atomic mass is 9.77. The van der Waals surface area contributed by atoms with Crippen LogP contribution in [0.5, 0.6) is 0 Å². The summed E-state index contributed by atoms with van der Waals surface area (Å²) in [5.74, 6) is -0.566. The van der Waals surface area contributed by atoms with Crippen molar-refractivity contribution in [3.8, 4) is 6.07 Å². The molecular weight excluding hydrogens is 378 g/mol. The first-order chi connectivity index (χ1) is 13.4. The molecule has 8 heteroatoms. The molecule has 0 radical (unpaired) electrons. The van der Waals surface area contributed by atoms with Gasteiger partial charge in [-0.2, -0.15) is 5.26 Å². The summed E-state index contributed by atoms with van der Waals surface area (Å²) in [5.41, 5.74) is 0.373. The van der Waals surface area contributed by atoms with Crippen LogP contribution < -0.4 is 5.32 Å². The van der Waals surface area contributed by atoms with Crippen molar-refractivity contribution in [1.82, 2.24) is 4.90 Å². The van der Waals surface area contributed by atoms with E-state index in [-0.39, 0.29) is 18.4 Å². The number of carbonyl (C=O) groups is 3. The van der Waals surface area contributed by atoms with Crippen LogP contribution in [0.1, 0.15) is 45.1 Å². The molecule has 7 nitrogen and oxygen atoms in total. The van der Waals surface area contributed by atoms with E-state index >= 15 is 0 Å². The third-order valence-corrected chi connectivity index (χ3v) is 6.77. The zero-order valence-electron chi connectivity index (χ0n) is 16.1. The summed E-state index contributed by atoms with van der Waals surface area (Å²) in [5, 5.41) is 13.7. The highest BCUT2D eigenvalue weighted by atomic mass is 32.1. The molecule has 1 saturated heterocycles. The van der Waals surface area contributed by atoms with E-state index in [9.17, 15) is 14.4 Å². The van der Waals surface area contributed by atoms with E-state index in [0.29, 0.717) is 28.9 Å². The van der Waals surface area contributed by atoms with Gasteiger partial charge in [-0.1, -0.05) is 26.7 Å². The monoisotopic (exact) mass is 403 g/mol. The Kier molecular flexibility index (Phi) is 6.35. The van der Waals surface area contributed by atoms with Crippen molar-refractivity contribution in [2.24, 2.45) is 17.8 Å². The third kappa shape index (κ3) is 4.36. The highest BCUT2D eigenvalue weighted by molar-refractivity contribution is 7.14. The lowest BCUT2D eigenvalue weighted by molar-refractivity contribution is -0.151. The number of amides is 2. The molecule has 1 N–H and O–H groups in total. The maximum atomic E-state index is 12.5. The normalized spacial score (nSPS) is 27.3. The maximum Gasteiger partial charge on any atom is 0.311 e. The number of nitrogens with one attached hydrogen (secondary N) is 1. The molecule has 4 atom stereocenters. The predicted molar refractivity (Wildman–Crippen MR) is 104 cm³/mol. The van der Waals surface area contributed by atoms with Crippen LogP contribution in [0.15, 0.2) is 11.4 Å². The Labute approximate surface area is 168 Å². The van der Waals surface area contributed by atoms with Gasteiger partial charge in [-0.25, -0.2) is 0 Å². The zero-order chi connectivity index (χ0) is 20.3. The molecule has 0 unspecified atom stereocenters. The fourth-order valence-corrected chi connectivity index (χ4v) is 4.87. The molecule has 0 aromatic carbocycles. The number of thiophene rings is 1. The first kappa shape index (κ1) is 20.3. The molecule has 0 bridgehead atoms. The van der Waals surface area contributed by atoms with Crippen molar-refractivity contribution in [2.45, 2.75) is 45.6 Å². The number of rotatable bonds is 5. The van der Waals surface area contributed by atoms with Crippen molar-refractivity contribution in [3.63, 3.8) is 0 Å². The Morgan fingerprint density at radius 1 is 1.39 bits per heavy atom. The Balaban J connectivity index is 1.50.